The Hall–Kier alpha value is -0.950. The predicted molar refractivity (Wildman–Crippen MR) is 52.8 cm³/mol. The molecule has 1 N–H and O–H groups in total. The summed E-state index contributed by atoms with van der Waals surface area (Å²) >= 11 is 0. The van der Waals surface area contributed by atoms with Crippen molar-refractivity contribution < 1.29 is 12.9 Å². The molecule has 0 aliphatic carbocycles. The maximum Gasteiger partial charge on any atom is 0.241 e. The minimum Gasteiger partial charge on any atom is -0.338 e. The highest BCUT2D eigenvalue weighted by Crippen LogP contribution is 2.20. The molecule has 1 unspecified atom stereocenters. The van der Waals surface area contributed by atoms with Crippen molar-refractivity contribution in [2.45, 2.75) is 24.6 Å². The average molecular weight is 231 g/mol. The molecule has 7 heteroatoms. The summed E-state index contributed by atoms with van der Waals surface area (Å²) < 4.78 is 26.8. The van der Waals surface area contributed by atoms with E-state index >= 15 is 0 Å². The van der Waals surface area contributed by atoms with Gasteiger partial charge in [-0.05, 0) is 19.4 Å². The highest BCUT2D eigenvalue weighted by atomic mass is 32.2. The van der Waals surface area contributed by atoms with Crippen LogP contribution in [0, 0.1) is 0 Å². The maximum atomic E-state index is 11.0. The Balaban J connectivity index is 2.10. The van der Waals surface area contributed by atoms with E-state index in [1.54, 1.807) is 0 Å². The average Bonchev–Trinajstić information content (AvgIpc) is 2.68. The van der Waals surface area contributed by atoms with Crippen molar-refractivity contribution >= 4 is 9.84 Å². The number of hydrogen-bond donors (Lipinski definition) is 1. The second kappa shape index (κ2) is 3.90. The zero-order valence-electron chi connectivity index (χ0n) is 8.43. The van der Waals surface area contributed by atoms with Gasteiger partial charge in [-0.3, -0.25) is 0 Å². The third-order valence-corrected chi connectivity index (χ3v) is 3.01. The van der Waals surface area contributed by atoms with Crippen LogP contribution in [0.15, 0.2) is 4.52 Å². The van der Waals surface area contributed by atoms with E-state index in [0.29, 0.717) is 5.82 Å². The molecule has 1 aliphatic rings. The van der Waals surface area contributed by atoms with Crippen molar-refractivity contribution in [3.05, 3.63) is 11.7 Å². The molecule has 15 heavy (non-hydrogen) atoms. The predicted octanol–water partition coefficient (Wildman–Crippen LogP) is 0.0387. The molecular weight excluding hydrogens is 218 g/mol. The molecule has 1 aromatic rings. The molecule has 1 fully saturated rings. The fourth-order valence-corrected chi connectivity index (χ4v) is 2.16. The van der Waals surface area contributed by atoms with Crippen LogP contribution < -0.4 is 5.32 Å². The number of nitrogens with one attached hydrogen (secondary N) is 1. The van der Waals surface area contributed by atoms with Gasteiger partial charge in [-0.2, -0.15) is 4.98 Å². The van der Waals surface area contributed by atoms with E-state index in [1.807, 2.05) is 0 Å². The van der Waals surface area contributed by atoms with Crippen molar-refractivity contribution in [3.8, 4) is 0 Å². The number of aromatic nitrogens is 2. The Kier molecular flexibility index (Phi) is 2.74. The molecule has 2 rings (SSSR count). The molecular formula is C8H13N3O3S. The first-order chi connectivity index (χ1) is 7.04. The van der Waals surface area contributed by atoms with Crippen LogP contribution in [0.5, 0.6) is 0 Å². The van der Waals surface area contributed by atoms with Crippen LogP contribution in [0.3, 0.4) is 0 Å². The van der Waals surface area contributed by atoms with Crippen LogP contribution in [0.25, 0.3) is 0 Å². The van der Waals surface area contributed by atoms with E-state index in [-0.39, 0.29) is 17.7 Å². The molecule has 1 saturated heterocycles. The highest BCUT2D eigenvalue weighted by molar-refractivity contribution is 7.89. The first-order valence-corrected chi connectivity index (χ1v) is 6.84. The molecule has 6 nitrogen and oxygen atoms in total. The highest BCUT2D eigenvalue weighted by Gasteiger charge is 2.22. The summed E-state index contributed by atoms with van der Waals surface area (Å²) in [5.41, 5.74) is 0. The van der Waals surface area contributed by atoms with Crippen LogP contribution in [0.2, 0.25) is 0 Å². The van der Waals surface area contributed by atoms with Gasteiger partial charge >= 0.3 is 0 Å². The summed E-state index contributed by atoms with van der Waals surface area (Å²) in [5, 5.41) is 6.98. The zero-order chi connectivity index (χ0) is 10.9. The van der Waals surface area contributed by atoms with Gasteiger partial charge in [0.2, 0.25) is 5.89 Å². The Morgan fingerprint density at radius 2 is 2.40 bits per heavy atom. The lowest BCUT2D eigenvalue weighted by molar-refractivity contribution is 0.377. The normalized spacial score (nSPS) is 22.1. The molecule has 0 radical (unpaired) electrons. The second-order valence-corrected chi connectivity index (χ2v) is 5.91. The molecule has 1 atom stereocenters. The molecule has 0 amide bonds. The Labute approximate surface area is 88.0 Å². The minimum absolute atomic E-state index is 0.113. The van der Waals surface area contributed by atoms with Crippen LogP contribution in [-0.4, -0.2) is 31.4 Å². The van der Waals surface area contributed by atoms with Crippen LogP contribution in [0.1, 0.15) is 30.6 Å². The van der Waals surface area contributed by atoms with Crippen molar-refractivity contribution in [3.63, 3.8) is 0 Å². The fraction of sp³-hybridized carbons (Fsp3) is 0.750. The molecule has 0 aromatic carbocycles. The van der Waals surface area contributed by atoms with Crippen molar-refractivity contribution in [2.24, 2.45) is 0 Å². The largest absolute Gasteiger partial charge is 0.338 e. The monoisotopic (exact) mass is 231 g/mol. The van der Waals surface area contributed by atoms with E-state index < -0.39 is 9.84 Å². The lowest BCUT2D eigenvalue weighted by atomic mass is 10.2. The summed E-state index contributed by atoms with van der Waals surface area (Å²) in [7, 11) is -3.10. The van der Waals surface area contributed by atoms with Crippen molar-refractivity contribution in [1.82, 2.24) is 15.5 Å². The van der Waals surface area contributed by atoms with E-state index in [2.05, 4.69) is 15.5 Å². The third kappa shape index (κ3) is 2.75. The lowest BCUT2D eigenvalue weighted by Crippen LogP contribution is -2.14. The first kappa shape index (κ1) is 10.6. The third-order valence-electron chi connectivity index (χ3n) is 2.24. The van der Waals surface area contributed by atoms with Crippen molar-refractivity contribution in [1.29, 1.82) is 0 Å². The summed E-state index contributed by atoms with van der Waals surface area (Å²) in [5.74, 6) is 0.541. The Morgan fingerprint density at radius 1 is 1.60 bits per heavy atom. The van der Waals surface area contributed by atoms with Gasteiger partial charge in [-0.1, -0.05) is 5.16 Å². The fourth-order valence-electron chi connectivity index (χ4n) is 1.60. The van der Waals surface area contributed by atoms with Gasteiger partial charge in [0.15, 0.2) is 15.7 Å². The minimum atomic E-state index is -3.10. The van der Waals surface area contributed by atoms with E-state index in [4.69, 9.17) is 4.52 Å². The lowest BCUT2D eigenvalue weighted by Gasteiger charge is -2.01. The summed E-state index contributed by atoms with van der Waals surface area (Å²) in [6.45, 7) is 0.945. The van der Waals surface area contributed by atoms with Crippen molar-refractivity contribution in [2.75, 3.05) is 12.8 Å². The quantitative estimate of drug-likeness (QED) is 0.790. The van der Waals surface area contributed by atoms with Gasteiger partial charge in [0, 0.05) is 6.26 Å². The zero-order valence-corrected chi connectivity index (χ0v) is 9.25. The maximum absolute atomic E-state index is 11.0. The summed E-state index contributed by atoms with van der Waals surface area (Å²) in [6.07, 6.45) is 3.20. The van der Waals surface area contributed by atoms with Crippen LogP contribution >= 0.6 is 0 Å². The smallest absolute Gasteiger partial charge is 0.241 e. The first-order valence-electron chi connectivity index (χ1n) is 4.78. The molecule has 0 saturated carbocycles. The summed E-state index contributed by atoms with van der Waals surface area (Å²) in [4.78, 5) is 4.06. The van der Waals surface area contributed by atoms with E-state index in [9.17, 15) is 8.42 Å². The number of rotatable bonds is 3. The van der Waals surface area contributed by atoms with Gasteiger partial charge in [-0.15, -0.1) is 0 Å². The number of nitrogens with zero attached hydrogens (tertiary/aromatic N) is 2. The second-order valence-electron chi connectivity index (χ2n) is 3.77. The van der Waals surface area contributed by atoms with Crippen LogP contribution in [0.4, 0.5) is 0 Å². The Bertz CT molecular complexity index is 434. The van der Waals surface area contributed by atoms with Gasteiger partial charge in [0.1, 0.15) is 5.75 Å². The number of hydrogen-bond acceptors (Lipinski definition) is 6. The Morgan fingerprint density at radius 3 is 3.00 bits per heavy atom. The number of sulfone groups is 1. The summed E-state index contributed by atoms with van der Waals surface area (Å²) in [6, 6.07) is 0.113. The van der Waals surface area contributed by atoms with E-state index in [0.717, 1.165) is 25.6 Å². The van der Waals surface area contributed by atoms with Gasteiger partial charge in [0.25, 0.3) is 0 Å². The molecule has 1 aromatic heterocycles. The topological polar surface area (TPSA) is 85.1 Å². The molecule has 84 valence electrons. The van der Waals surface area contributed by atoms with Crippen LogP contribution in [-0.2, 0) is 15.6 Å². The van der Waals surface area contributed by atoms with Gasteiger partial charge in [0.05, 0.1) is 6.04 Å². The van der Waals surface area contributed by atoms with Gasteiger partial charge < -0.3 is 9.84 Å². The molecule has 1 aliphatic heterocycles. The SMILES string of the molecule is CS(=O)(=O)Cc1nc(C2CCCN2)no1. The van der Waals surface area contributed by atoms with E-state index in [1.165, 1.54) is 0 Å². The molecule has 0 spiro atoms. The van der Waals surface area contributed by atoms with Gasteiger partial charge in [-0.25, -0.2) is 8.42 Å². The standard InChI is InChI=1S/C8H13N3O3S/c1-15(12,13)5-7-10-8(11-14-7)6-3-2-4-9-6/h6,9H,2-5H2,1H3. The molecule has 2 heterocycles. The molecule has 0 bridgehead atoms.